The highest BCUT2D eigenvalue weighted by atomic mass is 79.9. The first-order chi connectivity index (χ1) is 10.4. The summed E-state index contributed by atoms with van der Waals surface area (Å²) in [5, 5.41) is 0. The number of amides is 1. The normalized spacial score (nSPS) is 19.8. The minimum Gasteiger partial charge on any atom is -0.331 e. The first-order valence-corrected chi connectivity index (χ1v) is 10.3. The number of hydrogen-bond acceptors (Lipinski definition) is 1. The van der Waals surface area contributed by atoms with Crippen LogP contribution in [0.1, 0.15) is 37.4 Å². The average Bonchev–Trinajstić information content (AvgIpc) is 2.49. The minimum absolute atomic E-state index is 0.0638. The van der Waals surface area contributed by atoms with Crippen molar-refractivity contribution in [1.82, 2.24) is 4.90 Å². The molecule has 0 N–H and O–H groups in total. The van der Waals surface area contributed by atoms with Crippen LogP contribution < -0.4 is 0 Å². The molecule has 2 unspecified atom stereocenters. The van der Waals surface area contributed by atoms with E-state index in [0.717, 1.165) is 19.1 Å². The number of halogens is 1. The summed E-state index contributed by atoms with van der Waals surface area (Å²) in [6.07, 6.45) is 12.1. The SMILES string of the molecule is C=P(=C)Cc1ccccc1C(C)N1CC(CC)C=C(Br)C1=O. The van der Waals surface area contributed by atoms with Crippen molar-refractivity contribution in [1.29, 1.82) is 0 Å². The summed E-state index contributed by atoms with van der Waals surface area (Å²) in [6, 6.07) is 8.41. The second-order valence-electron chi connectivity index (χ2n) is 5.84. The van der Waals surface area contributed by atoms with Gasteiger partial charge in [-0.05, 0) is 46.3 Å². The van der Waals surface area contributed by atoms with E-state index < -0.39 is 7.17 Å². The largest absolute Gasteiger partial charge is 0.331 e. The van der Waals surface area contributed by atoms with E-state index >= 15 is 0 Å². The smallest absolute Gasteiger partial charge is 0.261 e. The zero-order valence-corrected chi connectivity index (χ0v) is 15.7. The first-order valence-electron chi connectivity index (χ1n) is 7.58. The highest BCUT2D eigenvalue weighted by Crippen LogP contribution is 2.33. The van der Waals surface area contributed by atoms with Crippen LogP contribution in [0, 0.1) is 5.92 Å². The predicted octanol–water partition coefficient (Wildman–Crippen LogP) is 4.74. The first kappa shape index (κ1) is 17.3. The van der Waals surface area contributed by atoms with Crippen LogP contribution in [0.3, 0.4) is 0 Å². The van der Waals surface area contributed by atoms with Crippen molar-refractivity contribution in [2.24, 2.45) is 5.92 Å². The van der Waals surface area contributed by atoms with E-state index in [1.807, 2.05) is 23.1 Å². The summed E-state index contributed by atoms with van der Waals surface area (Å²) in [4.78, 5) is 14.5. The van der Waals surface area contributed by atoms with Crippen LogP contribution in [0.25, 0.3) is 0 Å². The van der Waals surface area contributed by atoms with Crippen molar-refractivity contribution in [2.45, 2.75) is 32.5 Å². The molecule has 0 fully saturated rings. The van der Waals surface area contributed by atoms with E-state index in [1.165, 1.54) is 11.1 Å². The van der Waals surface area contributed by atoms with Crippen molar-refractivity contribution >= 4 is 41.6 Å². The van der Waals surface area contributed by atoms with Crippen molar-refractivity contribution in [3.63, 3.8) is 0 Å². The Morgan fingerprint density at radius 1 is 1.41 bits per heavy atom. The molecule has 0 saturated heterocycles. The Hall–Kier alpha value is -1.05. The van der Waals surface area contributed by atoms with Gasteiger partial charge in [-0.3, -0.25) is 4.79 Å². The molecular weight excluding hydrogens is 357 g/mol. The van der Waals surface area contributed by atoms with Gasteiger partial charge in [0.25, 0.3) is 5.91 Å². The summed E-state index contributed by atoms with van der Waals surface area (Å²) in [7, 11) is -0.491. The topological polar surface area (TPSA) is 20.3 Å². The molecule has 0 radical (unpaired) electrons. The summed E-state index contributed by atoms with van der Waals surface area (Å²) < 4.78 is 0.687. The van der Waals surface area contributed by atoms with E-state index in [9.17, 15) is 4.79 Å². The Balaban J connectivity index is 2.34. The van der Waals surface area contributed by atoms with E-state index in [2.05, 4.69) is 54.5 Å². The molecule has 118 valence electrons. The highest BCUT2D eigenvalue weighted by Gasteiger charge is 2.30. The highest BCUT2D eigenvalue weighted by molar-refractivity contribution is 9.12. The lowest BCUT2D eigenvalue weighted by Crippen LogP contribution is -2.40. The number of carbonyl (C=O) groups excluding carboxylic acids is 1. The lowest BCUT2D eigenvalue weighted by atomic mass is 9.96. The molecule has 4 heteroatoms. The summed E-state index contributed by atoms with van der Waals surface area (Å²) in [5.74, 6) is 0.498. The third kappa shape index (κ3) is 3.83. The lowest BCUT2D eigenvalue weighted by Gasteiger charge is -2.36. The van der Waals surface area contributed by atoms with E-state index in [0.29, 0.717) is 10.4 Å². The van der Waals surface area contributed by atoms with Gasteiger partial charge >= 0.3 is 0 Å². The van der Waals surface area contributed by atoms with Gasteiger partial charge in [-0.1, -0.05) is 49.9 Å². The average molecular weight is 380 g/mol. The van der Waals surface area contributed by atoms with Crippen LogP contribution >= 0.6 is 23.1 Å². The molecule has 1 amide bonds. The van der Waals surface area contributed by atoms with Gasteiger partial charge in [-0.15, -0.1) is 7.17 Å². The Kier molecular flexibility index (Phi) is 5.88. The molecule has 1 aliphatic rings. The van der Waals surface area contributed by atoms with Gasteiger partial charge in [0.05, 0.1) is 10.5 Å². The Labute approximate surface area is 142 Å². The minimum atomic E-state index is -0.491. The zero-order chi connectivity index (χ0) is 16.3. The van der Waals surface area contributed by atoms with Crippen molar-refractivity contribution in [2.75, 3.05) is 6.54 Å². The molecule has 1 aromatic rings. The molecule has 0 aromatic heterocycles. The molecule has 2 rings (SSSR count). The Morgan fingerprint density at radius 3 is 2.73 bits per heavy atom. The van der Waals surface area contributed by atoms with Gasteiger partial charge in [-0.25, -0.2) is 0 Å². The molecule has 0 spiro atoms. The van der Waals surface area contributed by atoms with Gasteiger partial charge in [0, 0.05) is 12.7 Å². The van der Waals surface area contributed by atoms with Crippen LogP contribution in [0.2, 0.25) is 0 Å². The second kappa shape index (κ2) is 7.48. The van der Waals surface area contributed by atoms with Crippen molar-refractivity contribution < 1.29 is 4.79 Å². The molecule has 0 aliphatic carbocycles. The molecule has 22 heavy (non-hydrogen) atoms. The van der Waals surface area contributed by atoms with Crippen LogP contribution in [0.4, 0.5) is 0 Å². The van der Waals surface area contributed by atoms with Crippen LogP contribution in [0.15, 0.2) is 34.8 Å². The summed E-state index contributed by atoms with van der Waals surface area (Å²) in [5.41, 5.74) is 2.48. The Morgan fingerprint density at radius 2 is 2.09 bits per heavy atom. The number of nitrogens with zero attached hydrogens (tertiary/aromatic N) is 1. The summed E-state index contributed by atoms with van der Waals surface area (Å²) in [6.45, 7) is 5.06. The number of rotatable bonds is 5. The monoisotopic (exact) mass is 379 g/mol. The maximum atomic E-state index is 12.5. The standard InChI is InChI=1S/C18H23BrNOP/c1-5-14-10-17(19)18(21)20(11-14)13(2)16-9-7-6-8-15(16)12-22(3)4/h6-10,13-14H,3-5,11-12H2,1-2H3. The van der Waals surface area contributed by atoms with Gasteiger partial charge in [-0.2, -0.15) is 0 Å². The van der Waals surface area contributed by atoms with Gasteiger partial charge in [0.1, 0.15) is 0 Å². The zero-order valence-electron chi connectivity index (χ0n) is 13.3. The lowest BCUT2D eigenvalue weighted by molar-refractivity contribution is -0.129. The maximum Gasteiger partial charge on any atom is 0.261 e. The van der Waals surface area contributed by atoms with E-state index in [4.69, 9.17) is 0 Å². The van der Waals surface area contributed by atoms with Gasteiger partial charge in [0.15, 0.2) is 0 Å². The fraction of sp³-hybridized carbons (Fsp3) is 0.389. The predicted molar refractivity (Wildman–Crippen MR) is 102 cm³/mol. The third-order valence-electron chi connectivity index (χ3n) is 4.17. The quantitative estimate of drug-likeness (QED) is 0.676. The van der Waals surface area contributed by atoms with Crippen LogP contribution in [-0.4, -0.2) is 30.0 Å². The third-order valence-corrected chi connectivity index (χ3v) is 5.56. The second-order valence-corrected chi connectivity index (χ2v) is 8.36. The van der Waals surface area contributed by atoms with E-state index in [1.54, 1.807) is 0 Å². The molecule has 2 nitrogen and oxygen atoms in total. The number of carbonyl (C=O) groups is 1. The molecular formula is C18H23BrNOP. The summed E-state index contributed by atoms with van der Waals surface area (Å²) >= 11 is 3.43. The number of benzene rings is 1. The van der Waals surface area contributed by atoms with E-state index in [-0.39, 0.29) is 11.9 Å². The van der Waals surface area contributed by atoms with Crippen molar-refractivity contribution in [3.8, 4) is 0 Å². The molecule has 1 aromatic carbocycles. The molecule has 0 saturated carbocycles. The molecule has 1 heterocycles. The molecule has 1 aliphatic heterocycles. The molecule has 0 bridgehead atoms. The van der Waals surface area contributed by atoms with Crippen molar-refractivity contribution in [3.05, 3.63) is 46.0 Å². The Bertz CT molecular complexity index is 655. The van der Waals surface area contributed by atoms with Gasteiger partial charge in [0.2, 0.25) is 0 Å². The maximum absolute atomic E-state index is 12.5. The fourth-order valence-corrected chi connectivity index (χ4v) is 4.25. The van der Waals surface area contributed by atoms with Crippen LogP contribution in [0.5, 0.6) is 0 Å². The number of hydrogen-bond donors (Lipinski definition) is 0. The fourth-order valence-electron chi connectivity index (χ4n) is 2.88. The van der Waals surface area contributed by atoms with Crippen LogP contribution in [-0.2, 0) is 11.0 Å². The van der Waals surface area contributed by atoms with Gasteiger partial charge < -0.3 is 4.90 Å². The molecule has 2 atom stereocenters.